The van der Waals surface area contributed by atoms with Gasteiger partial charge >= 0.3 is 0 Å². The molecule has 2 saturated heterocycles. The van der Waals surface area contributed by atoms with E-state index in [1.165, 1.54) is 0 Å². The van der Waals surface area contributed by atoms with Crippen molar-refractivity contribution in [1.82, 2.24) is 19.8 Å². The van der Waals surface area contributed by atoms with Crippen molar-refractivity contribution in [3.05, 3.63) is 53.6 Å². The summed E-state index contributed by atoms with van der Waals surface area (Å²) < 4.78 is 0. The second-order valence-electron chi connectivity index (χ2n) is 8.23. The zero-order valence-corrected chi connectivity index (χ0v) is 16.5. The zero-order chi connectivity index (χ0) is 19.6. The molecule has 0 aliphatic carbocycles. The molecule has 0 unspecified atom stereocenters. The van der Waals surface area contributed by atoms with Crippen molar-refractivity contribution in [2.24, 2.45) is 5.41 Å². The highest BCUT2D eigenvalue weighted by molar-refractivity contribution is 5.95. The molecule has 2 amide bonds. The van der Waals surface area contributed by atoms with Crippen molar-refractivity contribution in [2.75, 3.05) is 26.2 Å². The van der Waals surface area contributed by atoms with Crippen LogP contribution in [0, 0.1) is 12.3 Å². The maximum atomic E-state index is 13.0. The molecule has 6 heteroatoms. The summed E-state index contributed by atoms with van der Waals surface area (Å²) >= 11 is 0. The molecule has 2 aromatic heterocycles. The third-order valence-electron chi connectivity index (χ3n) is 6.25. The molecule has 0 saturated carbocycles. The Morgan fingerprint density at radius 2 is 2.14 bits per heavy atom. The van der Waals surface area contributed by atoms with Crippen LogP contribution < -0.4 is 0 Å². The van der Waals surface area contributed by atoms with Gasteiger partial charge in [-0.25, -0.2) is 0 Å². The van der Waals surface area contributed by atoms with Crippen LogP contribution in [0.4, 0.5) is 0 Å². The minimum absolute atomic E-state index is 0.0240. The van der Waals surface area contributed by atoms with Gasteiger partial charge in [0.25, 0.3) is 5.91 Å². The summed E-state index contributed by atoms with van der Waals surface area (Å²) in [6.07, 6.45) is 7.92. The number of likely N-dealkylation sites (tertiary alicyclic amines) is 2. The molecular formula is C22H28N4O2. The average Bonchev–Trinajstić information content (AvgIpc) is 3.15. The van der Waals surface area contributed by atoms with Gasteiger partial charge in [0.1, 0.15) is 0 Å². The average molecular weight is 380 g/mol. The number of aromatic amines is 1. The highest BCUT2D eigenvalue weighted by Crippen LogP contribution is 2.39. The lowest BCUT2D eigenvalue weighted by atomic mass is 9.73. The van der Waals surface area contributed by atoms with Crippen molar-refractivity contribution in [3.8, 4) is 0 Å². The van der Waals surface area contributed by atoms with Crippen LogP contribution in [-0.2, 0) is 11.2 Å². The molecule has 0 bridgehead atoms. The summed E-state index contributed by atoms with van der Waals surface area (Å²) in [7, 11) is 0. The molecule has 6 nitrogen and oxygen atoms in total. The summed E-state index contributed by atoms with van der Waals surface area (Å²) in [5.41, 5.74) is 2.71. The summed E-state index contributed by atoms with van der Waals surface area (Å²) in [6, 6.07) is 7.76. The highest BCUT2D eigenvalue weighted by Gasteiger charge is 2.42. The first-order valence-electron chi connectivity index (χ1n) is 10.2. The van der Waals surface area contributed by atoms with Crippen molar-refractivity contribution < 1.29 is 9.59 Å². The lowest BCUT2D eigenvalue weighted by Crippen LogP contribution is -2.55. The van der Waals surface area contributed by atoms with Crippen LogP contribution in [0.5, 0.6) is 0 Å². The van der Waals surface area contributed by atoms with Gasteiger partial charge in [-0.2, -0.15) is 0 Å². The zero-order valence-electron chi connectivity index (χ0n) is 16.5. The van der Waals surface area contributed by atoms with E-state index in [-0.39, 0.29) is 17.2 Å². The van der Waals surface area contributed by atoms with Crippen LogP contribution >= 0.6 is 0 Å². The lowest BCUT2D eigenvalue weighted by molar-refractivity contribution is -0.138. The molecule has 28 heavy (non-hydrogen) atoms. The third-order valence-corrected chi connectivity index (χ3v) is 6.25. The standard InChI is InChI=1S/C22H28N4O2/c1-17-19(7-12-23-17)21(28)26-13-4-9-22(16-26)10-6-20(27)25(15-22)14-8-18-5-2-3-11-24-18/h2-3,5,7,11-12,23H,4,6,8-10,13-16H2,1H3/t22-/m0/s1. The predicted octanol–water partition coefficient (Wildman–Crippen LogP) is 2.81. The first-order valence-corrected chi connectivity index (χ1v) is 10.2. The molecule has 1 atom stereocenters. The van der Waals surface area contributed by atoms with Gasteiger partial charge in [0.05, 0.1) is 5.56 Å². The third kappa shape index (κ3) is 3.81. The number of amides is 2. The van der Waals surface area contributed by atoms with E-state index in [1.807, 2.05) is 47.2 Å². The second-order valence-corrected chi connectivity index (χ2v) is 8.23. The lowest BCUT2D eigenvalue weighted by Gasteiger charge is -2.48. The van der Waals surface area contributed by atoms with Gasteiger partial charge in [-0.15, -0.1) is 0 Å². The van der Waals surface area contributed by atoms with Gasteiger partial charge in [-0.05, 0) is 44.4 Å². The van der Waals surface area contributed by atoms with E-state index >= 15 is 0 Å². The first-order chi connectivity index (χ1) is 13.6. The summed E-state index contributed by atoms with van der Waals surface area (Å²) in [4.78, 5) is 36.9. The molecule has 4 heterocycles. The number of pyridine rings is 1. The molecule has 2 aliphatic heterocycles. The number of rotatable bonds is 4. The number of hydrogen-bond donors (Lipinski definition) is 1. The van der Waals surface area contributed by atoms with Crippen LogP contribution in [0.1, 0.15) is 47.4 Å². The number of H-pyrrole nitrogens is 1. The SMILES string of the molecule is Cc1[nH]ccc1C(=O)N1CCC[C@@]2(CCC(=O)N(CCc3ccccn3)C2)C1. The fraction of sp³-hybridized carbons (Fsp3) is 0.500. The summed E-state index contributed by atoms with van der Waals surface area (Å²) in [6.45, 7) is 4.92. The van der Waals surface area contributed by atoms with Crippen LogP contribution in [0.2, 0.25) is 0 Å². The smallest absolute Gasteiger partial charge is 0.255 e. The number of carbonyl (C=O) groups excluding carboxylic acids is 2. The van der Waals surface area contributed by atoms with E-state index < -0.39 is 0 Å². The van der Waals surface area contributed by atoms with Gasteiger partial charge < -0.3 is 14.8 Å². The van der Waals surface area contributed by atoms with Crippen LogP contribution in [0.3, 0.4) is 0 Å². The molecule has 148 valence electrons. The summed E-state index contributed by atoms with van der Waals surface area (Å²) in [5.74, 6) is 0.334. The molecule has 0 radical (unpaired) electrons. The minimum atomic E-state index is 0.0240. The van der Waals surface area contributed by atoms with E-state index in [1.54, 1.807) is 6.20 Å². The van der Waals surface area contributed by atoms with E-state index in [2.05, 4.69) is 9.97 Å². The number of nitrogens with one attached hydrogen (secondary N) is 1. The van der Waals surface area contributed by atoms with Crippen LogP contribution in [-0.4, -0.2) is 57.8 Å². The van der Waals surface area contributed by atoms with Crippen LogP contribution in [0.25, 0.3) is 0 Å². The summed E-state index contributed by atoms with van der Waals surface area (Å²) in [5, 5.41) is 0. The van der Waals surface area contributed by atoms with Crippen LogP contribution in [0.15, 0.2) is 36.7 Å². The minimum Gasteiger partial charge on any atom is -0.365 e. The Hall–Kier alpha value is -2.63. The van der Waals surface area contributed by atoms with Crippen molar-refractivity contribution in [1.29, 1.82) is 0 Å². The Labute approximate surface area is 165 Å². The Bertz CT molecular complexity index is 847. The number of aryl methyl sites for hydroxylation is 1. The number of nitrogens with zero attached hydrogens (tertiary/aromatic N) is 3. The Morgan fingerprint density at radius 3 is 2.89 bits per heavy atom. The fourth-order valence-corrected chi connectivity index (χ4v) is 4.67. The Morgan fingerprint density at radius 1 is 1.25 bits per heavy atom. The molecule has 2 aliphatic rings. The van der Waals surface area contributed by atoms with E-state index in [4.69, 9.17) is 0 Å². The van der Waals surface area contributed by atoms with Crippen molar-refractivity contribution in [2.45, 2.75) is 39.0 Å². The molecule has 2 fully saturated rings. The Kier molecular flexibility index (Phi) is 5.20. The maximum absolute atomic E-state index is 13.0. The number of carbonyl (C=O) groups is 2. The normalized spacial score (nSPS) is 22.7. The van der Waals surface area contributed by atoms with Gasteiger partial charge in [0.2, 0.25) is 5.91 Å². The van der Waals surface area contributed by atoms with E-state index in [9.17, 15) is 9.59 Å². The maximum Gasteiger partial charge on any atom is 0.255 e. The second kappa shape index (κ2) is 7.78. The quantitative estimate of drug-likeness (QED) is 0.887. The highest BCUT2D eigenvalue weighted by atomic mass is 16.2. The van der Waals surface area contributed by atoms with E-state index in [0.717, 1.165) is 62.3 Å². The largest absolute Gasteiger partial charge is 0.365 e. The van der Waals surface area contributed by atoms with Gasteiger partial charge in [-0.1, -0.05) is 6.07 Å². The molecule has 1 N–H and O–H groups in total. The topological polar surface area (TPSA) is 69.3 Å². The van der Waals surface area contributed by atoms with Crippen molar-refractivity contribution in [3.63, 3.8) is 0 Å². The van der Waals surface area contributed by atoms with Crippen molar-refractivity contribution >= 4 is 11.8 Å². The number of piperidine rings is 2. The fourth-order valence-electron chi connectivity index (χ4n) is 4.67. The molecule has 1 spiro atoms. The number of aromatic nitrogens is 2. The van der Waals surface area contributed by atoms with Gasteiger partial charge in [0.15, 0.2) is 0 Å². The first kappa shape index (κ1) is 18.7. The molecule has 0 aromatic carbocycles. The molecule has 2 aromatic rings. The molecule has 4 rings (SSSR count). The van der Waals surface area contributed by atoms with Gasteiger partial charge in [0, 0.05) is 68.2 Å². The van der Waals surface area contributed by atoms with E-state index in [0.29, 0.717) is 13.0 Å². The Balaban J connectivity index is 1.43. The van der Waals surface area contributed by atoms with Gasteiger partial charge in [-0.3, -0.25) is 14.6 Å². The molecular weight excluding hydrogens is 352 g/mol. The predicted molar refractivity (Wildman–Crippen MR) is 107 cm³/mol. The number of hydrogen-bond acceptors (Lipinski definition) is 3. The monoisotopic (exact) mass is 380 g/mol.